The van der Waals surface area contributed by atoms with Gasteiger partial charge < -0.3 is 5.41 Å². The van der Waals surface area contributed by atoms with E-state index in [4.69, 9.17) is 5.41 Å². The molecule has 9 heavy (non-hydrogen) atoms. The molecule has 0 bridgehead atoms. The van der Waals surface area contributed by atoms with Gasteiger partial charge in [-0.2, -0.15) is 0 Å². The molecule has 0 rings (SSSR count). The molecule has 0 unspecified atom stereocenters. The van der Waals surface area contributed by atoms with Gasteiger partial charge in [0.1, 0.15) is 0 Å². The third-order valence-electron chi connectivity index (χ3n) is 0.504. The van der Waals surface area contributed by atoms with Gasteiger partial charge in [0.05, 0.1) is 5.71 Å². The Labute approximate surface area is 56.8 Å². The van der Waals surface area contributed by atoms with Gasteiger partial charge in [-0.05, 0) is 6.92 Å². The zero-order chi connectivity index (χ0) is 7.70. The second kappa shape index (κ2) is 10.1. The van der Waals surface area contributed by atoms with E-state index in [1.54, 1.807) is 6.92 Å². The molecule has 52 valence electrons. The van der Waals surface area contributed by atoms with Crippen molar-refractivity contribution in [2.24, 2.45) is 4.99 Å². The lowest BCUT2D eigenvalue weighted by molar-refractivity contribution is 1.50. The maximum Gasteiger partial charge on any atom is 0.0547 e. The van der Waals surface area contributed by atoms with Crippen molar-refractivity contribution in [2.45, 2.75) is 20.8 Å². The molecule has 0 aromatic heterocycles. The first-order valence-corrected chi connectivity index (χ1v) is 2.97. The fourth-order valence-corrected chi connectivity index (χ4v) is 0.181. The topological polar surface area (TPSA) is 36.2 Å². The zero-order valence-corrected chi connectivity index (χ0v) is 6.31. The summed E-state index contributed by atoms with van der Waals surface area (Å²) in [6.45, 7) is 9.10. The summed E-state index contributed by atoms with van der Waals surface area (Å²) in [6, 6.07) is 0. The van der Waals surface area contributed by atoms with E-state index in [2.05, 4.69) is 11.6 Å². The Morgan fingerprint density at radius 1 is 1.56 bits per heavy atom. The first-order valence-electron chi connectivity index (χ1n) is 2.97. The minimum Gasteiger partial charge on any atom is -0.307 e. The fourth-order valence-electron chi connectivity index (χ4n) is 0.181. The third kappa shape index (κ3) is 11.0. The highest BCUT2D eigenvalue weighted by Crippen LogP contribution is 1.70. The van der Waals surface area contributed by atoms with E-state index >= 15 is 0 Å². The fraction of sp³-hybridized carbons (Fsp3) is 0.429. The molecule has 0 spiro atoms. The second-order valence-corrected chi connectivity index (χ2v) is 1.10. The van der Waals surface area contributed by atoms with E-state index in [9.17, 15) is 0 Å². The Bertz CT molecular complexity index is 103. The van der Waals surface area contributed by atoms with Gasteiger partial charge >= 0.3 is 0 Å². The molecule has 0 saturated carbocycles. The van der Waals surface area contributed by atoms with Gasteiger partial charge in [0, 0.05) is 12.4 Å². The lowest BCUT2D eigenvalue weighted by Gasteiger charge is -1.78. The van der Waals surface area contributed by atoms with Crippen molar-refractivity contribution in [1.29, 1.82) is 5.41 Å². The third-order valence-corrected chi connectivity index (χ3v) is 0.504. The molecule has 2 nitrogen and oxygen atoms in total. The Hall–Kier alpha value is -0.920. The van der Waals surface area contributed by atoms with Crippen LogP contribution < -0.4 is 0 Å². The van der Waals surface area contributed by atoms with Gasteiger partial charge in [0.25, 0.3) is 0 Å². The standard InChI is InChI=1S/C5H8N2.C2H6/c1-3-7-5(2)4-6;1-2/h3-4,6H,1H2,2H3;1-2H3. The van der Waals surface area contributed by atoms with Crippen LogP contribution in [-0.2, 0) is 0 Å². The summed E-state index contributed by atoms with van der Waals surface area (Å²) in [6.07, 6.45) is 2.60. The molecular weight excluding hydrogens is 112 g/mol. The molecule has 0 saturated heterocycles. The zero-order valence-electron chi connectivity index (χ0n) is 6.31. The molecule has 0 aliphatic heterocycles. The van der Waals surface area contributed by atoms with Crippen LogP contribution in [-0.4, -0.2) is 11.9 Å². The number of hydrogen-bond acceptors (Lipinski definition) is 2. The van der Waals surface area contributed by atoms with E-state index in [1.807, 2.05) is 13.8 Å². The molecule has 0 aromatic rings. The lowest BCUT2D eigenvalue weighted by atomic mass is 10.5. The van der Waals surface area contributed by atoms with Crippen molar-refractivity contribution in [3.8, 4) is 0 Å². The SMILES string of the molecule is C=CN=C(C)C=N.CC. The van der Waals surface area contributed by atoms with Gasteiger partial charge in [0.15, 0.2) is 0 Å². The minimum absolute atomic E-state index is 0.676. The minimum atomic E-state index is 0.676. The summed E-state index contributed by atoms with van der Waals surface area (Å²) >= 11 is 0. The van der Waals surface area contributed by atoms with Gasteiger partial charge in [-0.15, -0.1) is 0 Å². The largest absolute Gasteiger partial charge is 0.307 e. The molecule has 0 amide bonds. The average Bonchev–Trinajstić information content (AvgIpc) is 1.93. The first kappa shape index (κ1) is 11.0. The van der Waals surface area contributed by atoms with Crippen LogP contribution in [0.15, 0.2) is 17.8 Å². The van der Waals surface area contributed by atoms with Crippen LogP contribution in [0.3, 0.4) is 0 Å². The predicted molar refractivity (Wildman–Crippen MR) is 43.4 cm³/mol. The highest BCUT2D eigenvalue weighted by molar-refractivity contribution is 6.28. The summed E-state index contributed by atoms with van der Waals surface area (Å²) in [4.78, 5) is 3.68. The van der Waals surface area contributed by atoms with E-state index < -0.39 is 0 Å². The van der Waals surface area contributed by atoms with Crippen molar-refractivity contribution in [3.63, 3.8) is 0 Å². The molecule has 0 radical (unpaired) electrons. The number of aliphatic imine (C=N–C) groups is 1. The number of nitrogens with zero attached hydrogens (tertiary/aromatic N) is 1. The normalized spacial score (nSPS) is 9.00. The van der Waals surface area contributed by atoms with Crippen molar-refractivity contribution in [3.05, 3.63) is 12.8 Å². The van der Waals surface area contributed by atoms with Crippen LogP contribution in [0, 0.1) is 5.41 Å². The van der Waals surface area contributed by atoms with Crippen LogP contribution in [0.2, 0.25) is 0 Å². The molecule has 0 aliphatic rings. The van der Waals surface area contributed by atoms with Crippen molar-refractivity contribution >= 4 is 11.9 Å². The smallest absolute Gasteiger partial charge is 0.0547 e. The van der Waals surface area contributed by atoms with Crippen LogP contribution >= 0.6 is 0 Å². The summed E-state index contributed by atoms with van der Waals surface area (Å²) in [7, 11) is 0. The van der Waals surface area contributed by atoms with E-state index in [0.717, 1.165) is 0 Å². The predicted octanol–water partition coefficient (Wildman–Crippen LogP) is 2.27. The number of nitrogens with one attached hydrogen (secondary N) is 1. The Morgan fingerprint density at radius 3 is 2.11 bits per heavy atom. The number of hydrogen-bond donors (Lipinski definition) is 1. The Kier molecular flexibility index (Phi) is 12.3. The molecule has 1 N–H and O–H groups in total. The quantitative estimate of drug-likeness (QED) is 0.551. The van der Waals surface area contributed by atoms with E-state index in [0.29, 0.717) is 5.71 Å². The maximum absolute atomic E-state index is 6.61. The van der Waals surface area contributed by atoms with Gasteiger partial charge in [-0.3, -0.25) is 4.99 Å². The van der Waals surface area contributed by atoms with Gasteiger partial charge in [0.2, 0.25) is 0 Å². The van der Waals surface area contributed by atoms with Crippen LogP contribution in [0.1, 0.15) is 20.8 Å². The van der Waals surface area contributed by atoms with Gasteiger partial charge in [-0.1, -0.05) is 20.4 Å². The number of rotatable bonds is 2. The lowest BCUT2D eigenvalue weighted by Crippen LogP contribution is -1.86. The van der Waals surface area contributed by atoms with Crippen LogP contribution in [0.5, 0.6) is 0 Å². The highest BCUT2D eigenvalue weighted by atomic mass is 14.7. The Morgan fingerprint density at radius 2 is 2.00 bits per heavy atom. The van der Waals surface area contributed by atoms with E-state index in [1.165, 1.54) is 12.4 Å². The summed E-state index contributed by atoms with van der Waals surface area (Å²) < 4.78 is 0. The average molecular weight is 126 g/mol. The molecule has 0 heterocycles. The summed E-state index contributed by atoms with van der Waals surface area (Å²) in [5.74, 6) is 0. The second-order valence-electron chi connectivity index (χ2n) is 1.10. The van der Waals surface area contributed by atoms with Crippen LogP contribution in [0.25, 0.3) is 0 Å². The maximum atomic E-state index is 6.61. The van der Waals surface area contributed by atoms with Crippen molar-refractivity contribution in [2.75, 3.05) is 0 Å². The molecular formula is C7H14N2. The molecule has 0 aliphatic carbocycles. The highest BCUT2D eigenvalue weighted by Gasteiger charge is 1.72. The first-order chi connectivity index (χ1) is 4.31. The Balaban J connectivity index is 0. The summed E-state index contributed by atoms with van der Waals surface area (Å²) in [5.41, 5.74) is 0.676. The molecule has 0 fully saturated rings. The van der Waals surface area contributed by atoms with Crippen molar-refractivity contribution in [1.82, 2.24) is 0 Å². The van der Waals surface area contributed by atoms with E-state index in [-0.39, 0.29) is 0 Å². The molecule has 0 aromatic carbocycles. The molecule has 2 heteroatoms. The summed E-state index contributed by atoms with van der Waals surface area (Å²) in [5, 5.41) is 6.61. The van der Waals surface area contributed by atoms with Crippen LogP contribution in [0.4, 0.5) is 0 Å². The molecule has 0 atom stereocenters. The van der Waals surface area contributed by atoms with Crippen molar-refractivity contribution < 1.29 is 0 Å². The monoisotopic (exact) mass is 126 g/mol. The van der Waals surface area contributed by atoms with Gasteiger partial charge in [-0.25, -0.2) is 0 Å².